The van der Waals surface area contributed by atoms with Gasteiger partial charge in [-0.3, -0.25) is 0 Å². The third kappa shape index (κ3) is 7.53. The molecule has 0 aromatic rings. The van der Waals surface area contributed by atoms with E-state index in [4.69, 9.17) is 49.2 Å². The van der Waals surface area contributed by atoms with Crippen LogP contribution in [0.25, 0.3) is 0 Å². The van der Waals surface area contributed by atoms with Crippen LogP contribution in [-0.4, -0.2) is 183 Å². The van der Waals surface area contributed by atoms with Crippen LogP contribution >= 0.6 is 0 Å². The van der Waals surface area contributed by atoms with E-state index in [0.29, 0.717) is 0 Å². The van der Waals surface area contributed by atoms with Gasteiger partial charge in [0.25, 0.3) is 0 Å². The Hall–Kier alpha value is -0.680. The number of hydrogen-bond acceptors (Lipinski definition) is 17. The van der Waals surface area contributed by atoms with Crippen LogP contribution in [0, 0.1) is 5.92 Å². The van der Waals surface area contributed by atoms with Crippen molar-refractivity contribution in [3.8, 4) is 0 Å². The first-order valence-electron chi connectivity index (χ1n) is 11.9. The van der Waals surface area contributed by atoms with E-state index >= 15 is 0 Å². The molecule has 17 heteroatoms. The van der Waals surface area contributed by atoms with E-state index in [-0.39, 0.29) is 6.61 Å². The summed E-state index contributed by atoms with van der Waals surface area (Å²) in [4.78, 5) is 0. The van der Waals surface area contributed by atoms with Crippen molar-refractivity contribution in [2.24, 2.45) is 5.92 Å². The maximum absolute atomic E-state index is 10.3. The number of rotatable bonds is 8. The van der Waals surface area contributed by atoms with Crippen LogP contribution in [0.4, 0.5) is 0 Å². The lowest BCUT2D eigenvalue weighted by molar-refractivity contribution is -0.322. The van der Waals surface area contributed by atoms with Crippen LogP contribution in [0.1, 0.15) is 0 Å². The normalized spacial score (nSPS) is 47.8. The standard InChI is InChI=1S/C15H28O11.C6H12O6/c1-22-13-8(4-17)26-15(12(21)10(13)19)24-5-6-7(3-16)25-14(23-2)11(20)9(6)18;7-1-2-3(8)4(9)5(10)6(11)12-2/h6-21H,3-5H2,1-2H3;2-11H,1H2. The van der Waals surface area contributed by atoms with Crippen molar-refractivity contribution < 1.29 is 84.6 Å². The second-order valence-corrected chi connectivity index (χ2v) is 9.07. The molecule has 15 unspecified atom stereocenters. The molecule has 0 aromatic heterocycles. The third-order valence-corrected chi connectivity index (χ3v) is 6.68. The quantitative estimate of drug-likeness (QED) is 0.131. The maximum atomic E-state index is 10.3. The van der Waals surface area contributed by atoms with Crippen LogP contribution in [0.15, 0.2) is 0 Å². The summed E-state index contributed by atoms with van der Waals surface area (Å²) in [5.41, 5.74) is 0. The van der Waals surface area contributed by atoms with Gasteiger partial charge < -0.3 is 84.6 Å². The number of hydrogen-bond donors (Lipinski definition) is 11. The molecule has 38 heavy (non-hydrogen) atoms. The van der Waals surface area contributed by atoms with Gasteiger partial charge in [0, 0.05) is 20.1 Å². The fraction of sp³-hybridized carbons (Fsp3) is 1.00. The predicted molar refractivity (Wildman–Crippen MR) is 119 cm³/mol. The zero-order chi connectivity index (χ0) is 28.7. The van der Waals surface area contributed by atoms with Gasteiger partial charge >= 0.3 is 0 Å². The van der Waals surface area contributed by atoms with Gasteiger partial charge in [0.1, 0.15) is 54.9 Å². The Morgan fingerprint density at radius 2 is 1.08 bits per heavy atom. The van der Waals surface area contributed by atoms with Gasteiger partial charge in [0.05, 0.1) is 38.6 Å². The molecule has 0 aromatic carbocycles. The Bertz CT molecular complexity index is 665. The lowest BCUT2D eigenvalue weighted by Crippen LogP contribution is -2.61. The van der Waals surface area contributed by atoms with Crippen molar-refractivity contribution >= 4 is 0 Å². The molecule has 0 saturated carbocycles. The summed E-state index contributed by atoms with van der Waals surface area (Å²) in [6, 6.07) is 0. The smallest absolute Gasteiger partial charge is 0.186 e. The molecule has 0 radical (unpaired) electrons. The van der Waals surface area contributed by atoms with Crippen LogP contribution in [0.5, 0.6) is 0 Å². The first-order valence-corrected chi connectivity index (χ1v) is 11.9. The van der Waals surface area contributed by atoms with Crippen molar-refractivity contribution in [2.75, 3.05) is 40.6 Å². The molecule has 3 saturated heterocycles. The number of methoxy groups -OCH3 is 2. The molecule has 0 bridgehead atoms. The number of aliphatic hydroxyl groups excluding tert-OH is 11. The summed E-state index contributed by atoms with van der Waals surface area (Å²) in [5.74, 6) is -0.845. The van der Waals surface area contributed by atoms with Crippen LogP contribution < -0.4 is 0 Å². The van der Waals surface area contributed by atoms with Crippen LogP contribution in [-0.2, 0) is 28.4 Å². The van der Waals surface area contributed by atoms with Gasteiger partial charge in [-0.25, -0.2) is 0 Å². The Labute approximate surface area is 217 Å². The minimum Gasteiger partial charge on any atom is -0.394 e. The van der Waals surface area contributed by atoms with Crippen molar-refractivity contribution in [1.29, 1.82) is 0 Å². The predicted octanol–water partition coefficient (Wildman–Crippen LogP) is -7.06. The average Bonchev–Trinajstić information content (AvgIpc) is 2.92. The summed E-state index contributed by atoms with van der Waals surface area (Å²) in [7, 11) is 2.60. The highest BCUT2D eigenvalue weighted by molar-refractivity contribution is 4.92. The lowest BCUT2D eigenvalue weighted by atomic mass is 9.90. The Balaban J connectivity index is 0.000000352. The zero-order valence-electron chi connectivity index (χ0n) is 20.9. The highest BCUT2D eigenvalue weighted by atomic mass is 16.7. The van der Waals surface area contributed by atoms with Gasteiger partial charge in [0.15, 0.2) is 18.9 Å². The highest BCUT2D eigenvalue weighted by Gasteiger charge is 2.48. The van der Waals surface area contributed by atoms with E-state index in [1.165, 1.54) is 14.2 Å². The lowest BCUT2D eigenvalue weighted by Gasteiger charge is -2.44. The first kappa shape index (κ1) is 33.5. The number of aliphatic hydroxyl groups is 11. The van der Waals surface area contributed by atoms with Gasteiger partial charge in [0.2, 0.25) is 0 Å². The highest BCUT2D eigenvalue weighted by Crippen LogP contribution is 2.29. The van der Waals surface area contributed by atoms with Crippen LogP contribution in [0.3, 0.4) is 0 Å². The largest absolute Gasteiger partial charge is 0.394 e. The van der Waals surface area contributed by atoms with E-state index in [1.54, 1.807) is 0 Å². The Kier molecular flexibility index (Phi) is 13.5. The molecular weight excluding hydrogens is 524 g/mol. The molecule has 0 aliphatic carbocycles. The first-order chi connectivity index (χ1) is 18.0. The van der Waals surface area contributed by atoms with Gasteiger partial charge in [-0.1, -0.05) is 0 Å². The van der Waals surface area contributed by atoms with E-state index in [2.05, 4.69) is 4.74 Å². The third-order valence-electron chi connectivity index (χ3n) is 6.68. The molecule has 17 nitrogen and oxygen atoms in total. The van der Waals surface area contributed by atoms with E-state index < -0.39 is 112 Å². The second-order valence-electron chi connectivity index (χ2n) is 9.07. The molecule has 15 atom stereocenters. The van der Waals surface area contributed by atoms with Crippen LogP contribution in [0.2, 0.25) is 0 Å². The molecular formula is C21H40O17. The summed E-state index contributed by atoms with van der Waals surface area (Å²) in [5, 5.41) is 104. The topological polar surface area (TPSA) is 278 Å². The molecule has 0 spiro atoms. The minimum atomic E-state index is -1.57. The molecule has 3 aliphatic rings. The average molecular weight is 565 g/mol. The summed E-state index contributed by atoms with van der Waals surface area (Å²) in [6.07, 6.45) is -17.7. The summed E-state index contributed by atoms with van der Waals surface area (Å²) in [6.45, 7) is -1.71. The fourth-order valence-electron chi connectivity index (χ4n) is 4.34. The SMILES string of the molecule is COC1OC(CO)C(COC2OC(CO)C(OC)C(O)C2O)C(O)C1O.OCC1OC(O)C(O)C(O)C1O. The van der Waals surface area contributed by atoms with Crippen molar-refractivity contribution in [1.82, 2.24) is 0 Å². The van der Waals surface area contributed by atoms with Crippen molar-refractivity contribution in [2.45, 2.75) is 86.0 Å². The summed E-state index contributed by atoms with van der Waals surface area (Å²) >= 11 is 0. The second kappa shape index (κ2) is 15.4. The maximum Gasteiger partial charge on any atom is 0.186 e. The van der Waals surface area contributed by atoms with Crippen molar-refractivity contribution in [3.63, 3.8) is 0 Å². The summed E-state index contributed by atoms with van der Waals surface area (Å²) < 4.78 is 30.7. The molecule has 0 amide bonds. The monoisotopic (exact) mass is 564 g/mol. The van der Waals surface area contributed by atoms with E-state index in [1.807, 2.05) is 0 Å². The van der Waals surface area contributed by atoms with E-state index in [0.717, 1.165) is 0 Å². The Morgan fingerprint density at radius 3 is 1.61 bits per heavy atom. The molecule has 3 rings (SSSR count). The Morgan fingerprint density at radius 1 is 0.526 bits per heavy atom. The molecule has 226 valence electrons. The van der Waals surface area contributed by atoms with E-state index in [9.17, 15) is 30.6 Å². The van der Waals surface area contributed by atoms with Gasteiger partial charge in [-0.15, -0.1) is 0 Å². The molecule has 3 heterocycles. The fourth-order valence-corrected chi connectivity index (χ4v) is 4.34. The number of ether oxygens (including phenoxy) is 6. The molecule has 11 N–H and O–H groups in total. The molecule has 3 aliphatic heterocycles. The minimum absolute atomic E-state index is 0.260. The van der Waals surface area contributed by atoms with Crippen molar-refractivity contribution in [3.05, 3.63) is 0 Å². The van der Waals surface area contributed by atoms with Gasteiger partial charge in [-0.05, 0) is 0 Å². The van der Waals surface area contributed by atoms with Gasteiger partial charge in [-0.2, -0.15) is 0 Å². The molecule has 3 fully saturated rings. The zero-order valence-corrected chi connectivity index (χ0v) is 20.9.